The van der Waals surface area contributed by atoms with E-state index >= 15 is 0 Å². The highest BCUT2D eigenvalue weighted by molar-refractivity contribution is 7.87. The third-order valence-electron chi connectivity index (χ3n) is 3.93. The van der Waals surface area contributed by atoms with Crippen LogP contribution < -0.4 is 10.1 Å². The molecule has 4 N–H and O–H groups in total. The summed E-state index contributed by atoms with van der Waals surface area (Å²) in [7, 11) is -4.95. The van der Waals surface area contributed by atoms with E-state index in [1.807, 2.05) is 13.8 Å². The fourth-order valence-electron chi connectivity index (χ4n) is 2.39. The Balaban J connectivity index is 2.40. The molecule has 0 aliphatic rings. The number of hydrogen-bond acceptors (Lipinski definition) is 7. The molecular formula is C17H17Cl2FN2O7S. The Morgan fingerprint density at radius 1 is 1.30 bits per heavy atom. The van der Waals surface area contributed by atoms with Gasteiger partial charge in [0.05, 0.1) is 0 Å². The molecular weight excluding hydrogens is 466 g/mol. The molecule has 1 heterocycles. The summed E-state index contributed by atoms with van der Waals surface area (Å²) in [4.78, 5) is 14.4. The lowest BCUT2D eigenvalue weighted by molar-refractivity contribution is -0.136. The van der Waals surface area contributed by atoms with Crippen molar-refractivity contribution in [3.63, 3.8) is 0 Å². The van der Waals surface area contributed by atoms with Crippen molar-refractivity contribution >= 4 is 45.1 Å². The SMILES string of the molecule is CC(C)c1cc(Oc2c(Cl)c(F)nc(NCC(C(=O)O)S(=O)(=O)O)c2Cl)ccc1O. The summed E-state index contributed by atoms with van der Waals surface area (Å²) in [5.74, 6) is -3.74. The second-order valence-corrected chi connectivity index (χ2v) is 8.76. The number of anilines is 1. The average molecular weight is 483 g/mol. The molecule has 2 aromatic rings. The number of halogens is 3. The van der Waals surface area contributed by atoms with E-state index in [1.165, 1.54) is 18.2 Å². The van der Waals surface area contributed by atoms with Crippen molar-refractivity contribution in [2.24, 2.45) is 0 Å². The number of rotatable bonds is 8. The number of phenols is 1. The molecule has 0 saturated heterocycles. The summed E-state index contributed by atoms with van der Waals surface area (Å²) < 4.78 is 51.0. The van der Waals surface area contributed by atoms with E-state index in [9.17, 15) is 22.7 Å². The number of benzene rings is 1. The fourth-order valence-corrected chi connectivity index (χ4v) is 3.40. The molecule has 0 radical (unpaired) electrons. The predicted molar refractivity (Wildman–Crippen MR) is 108 cm³/mol. The zero-order valence-corrected chi connectivity index (χ0v) is 17.9. The van der Waals surface area contributed by atoms with Gasteiger partial charge in [0.2, 0.25) is 11.2 Å². The van der Waals surface area contributed by atoms with Crippen LogP contribution >= 0.6 is 23.2 Å². The minimum atomic E-state index is -4.95. The first-order chi connectivity index (χ1) is 13.8. The third-order valence-corrected chi connectivity index (χ3v) is 5.69. The van der Waals surface area contributed by atoms with E-state index in [4.69, 9.17) is 37.6 Å². The van der Waals surface area contributed by atoms with Gasteiger partial charge in [-0.15, -0.1) is 0 Å². The molecule has 9 nitrogen and oxygen atoms in total. The minimum absolute atomic E-state index is 0.0303. The Morgan fingerprint density at radius 2 is 1.93 bits per heavy atom. The molecule has 0 bridgehead atoms. The fraction of sp³-hybridized carbons (Fsp3) is 0.294. The lowest BCUT2D eigenvalue weighted by Crippen LogP contribution is -2.36. The maximum absolute atomic E-state index is 14.2. The van der Waals surface area contributed by atoms with Crippen molar-refractivity contribution in [2.45, 2.75) is 25.0 Å². The van der Waals surface area contributed by atoms with Gasteiger partial charge in [-0.3, -0.25) is 9.35 Å². The monoisotopic (exact) mass is 482 g/mol. The van der Waals surface area contributed by atoms with Crippen LogP contribution in [0.15, 0.2) is 18.2 Å². The maximum atomic E-state index is 14.2. The molecule has 1 atom stereocenters. The molecule has 1 aromatic carbocycles. The van der Waals surface area contributed by atoms with Crippen molar-refractivity contribution in [1.82, 2.24) is 4.98 Å². The largest absolute Gasteiger partial charge is 0.508 e. The number of aliphatic carboxylic acids is 1. The molecule has 13 heteroatoms. The smallest absolute Gasteiger partial charge is 0.326 e. The number of ether oxygens (including phenoxy) is 1. The van der Waals surface area contributed by atoms with E-state index in [1.54, 1.807) is 0 Å². The number of nitrogens with one attached hydrogen (secondary N) is 1. The quantitative estimate of drug-likeness (QED) is 0.324. The van der Waals surface area contributed by atoms with Gasteiger partial charge in [0.15, 0.2) is 11.6 Å². The molecule has 1 aromatic heterocycles. The van der Waals surface area contributed by atoms with Crippen molar-refractivity contribution in [3.05, 3.63) is 39.8 Å². The molecule has 1 unspecified atom stereocenters. The van der Waals surface area contributed by atoms with Crippen LogP contribution in [0.1, 0.15) is 25.3 Å². The van der Waals surface area contributed by atoms with Gasteiger partial charge in [0, 0.05) is 12.1 Å². The van der Waals surface area contributed by atoms with Crippen LogP contribution in [0.3, 0.4) is 0 Å². The van der Waals surface area contributed by atoms with Crippen LogP contribution in [0, 0.1) is 5.95 Å². The summed E-state index contributed by atoms with van der Waals surface area (Å²) in [5, 5.41) is 17.9. The number of aromatic hydroxyl groups is 1. The van der Waals surface area contributed by atoms with Gasteiger partial charge in [0.25, 0.3) is 10.1 Å². The lowest BCUT2D eigenvalue weighted by atomic mass is 10.0. The van der Waals surface area contributed by atoms with Gasteiger partial charge in [0.1, 0.15) is 21.5 Å². The number of phenolic OH excluding ortho intramolecular Hbond substituents is 1. The third kappa shape index (κ3) is 5.42. The zero-order chi connectivity index (χ0) is 22.8. The molecule has 0 aliphatic carbocycles. The van der Waals surface area contributed by atoms with Gasteiger partial charge in [-0.05, 0) is 24.1 Å². The number of nitrogens with zero attached hydrogens (tertiary/aromatic N) is 1. The molecule has 0 saturated carbocycles. The first-order valence-electron chi connectivity index (χ1n) is 8.31. The number of carboxylic acid groups (broad SMARTS) is 1. The average Bonchev–Trinajstić information content (AvgIpc) is 2.62. The molecule has 0 aliphatic heterocycles. The number of aromatic nitrogens is 1. The maximum Gasteiger partial charge on any atom is 0.326 e. The summed E-state index contributed by atoms with van der Waals surface area (Å²) in [6.07, 6.45) is 0. The van der Waals surface area contributed by atoms with Crippen molar-refractivity contribution in [3.8, 4) is 17.2 Å². The van der Waals surface area contributed by atoms with Gasteiger partial charge in [-0.25, -0.2) is 0 Å². The molecule has 30 heavy (non-hydrogen) atoms. The Labute approximate surface area is 181 Å². The molecule has 164 valence electrons. The summed E-state index contributed by atoms with van der Waals surface area (Å²) in [5.41, 5.74) is 0.546. The standard InChI is InChI=1S/C17H17Cl2FN2O7S/c1-7(2)9-5-8(3-4-10(9)23)29-14-12(18)15(20)22-16(13(14)19)21-6-11(17(24)25)30(26,27)28/h3-5,7,11,23H,6H2,1-2H3,(H,21,22)(H,24,25)(H,26,27,28). The highest BCUT2D eigenvalue weighted by atomic mass is 35.5. The van der Waals surface area contributed by atoms with E-state index in [2.05, 4.69) is 10.3 Å². The number of hydrogen-bond donors (Lipinski definition) is 4. The zero-order valence-electron chi connectivity index (χ0n) is 15.6. The lowest BCUT2D eigenvalue weighted by Gasteiger charge is -2.16. The van der Waals surface area contributed by atoms with E-state index in [0.29, 0.717) is 5.56 Å². The van der Waals surface area contributed by atoms with Crippen LogP contribution in [0.5, 0.6) is 17.2 Å². The number of carbonyl (C=O) groups is 1. The molecule has 0 amide bonds. The van der Waals surface area contributed by atoms with Gasteiger partial charge in [-0.2, -0.15) is 17.8 Å². The van der Waals surface area contributed by atoms with Gasteiger partial charge < -0.3 is 20.3 Å². The molecule has 0 spiro atoms. The Hall–Kier alpha value is -2.34. The number of carboxylic acids is 1. The van der Waals surface area contributed by atoms with Crippen LogP contribution in [0.2, 0.25) is 10.0 Å². The van der Waals surface area contributed by atoms with E-state index < -0.39 is 44.7 Å². The first-order valence-corrected chi connectivity index (χ1v) is 10.6. The van der Waals surface area contributed by atoms with Crippen LogP contribution in [0.4, 0.5) is 10.2 Å². The first kappa shape index (κ1) is 23.9. The Bertz CT molecular complexity index is 1080. The van der Waals surface area contributed by atoms with Crippen molar-refractivity contribution < 1.29 is 37.1 Å². The highest BCUT2D eigenvalue weighted by Gasteiger charge is 2.31. The second kappa shape index (κ2) is 9.21. The van der Waals surface area contributed by atoms with Gasteiger partial charge in [-0.1, -0.05) is 37.0 Å². The Kier molecular flexibility index (Phi) is 7.35. The highest BCUT2D eigenvalue weighted by Crippen LogP contribution is 2.42. The van der Waals surface area contributed by atoms with Crippen molar-refractivity contribution in [1.29, 1.82) is 0 Å². The van der Waals surface area contributed by atoms with Crippen LogP contribution in [0.25, 0.3) is 0 Å². The van der Waals surface area contributed by atoms with E-state index in [0.717, 1.165) is 0 Å². The van der Waals surface area contributed by atoms with E-state index in [-0.39, 0.29) is 28.2 Å². The molecule has 2 rings (SSSR count). The van der Waals surface area contributed by atoms with Crippen molar-refractivity contribution in [2.75, 3.05) is 11.9 Å². The van der Waals surface area contributed by atoms with Crippen LogP contribution in [-0.2, 0) is 14.9 Å². The summed E-state index contributed by atoms with van der Waals surface area (Å²) >= 11 is 12.0. The second-order valence-electron chi connectivity index (χ2n) is 6.41. The summed E-state index contributed by atoms with van der Waals surface area (Å²) in [6.45, 7) is 2.81. The topological polar surface area (TPSA) is 146 Å². The predicted octanol–water partition coefficient (Wildman–Crippen LogP) is 3.90. The Morgan fingerprint density at radius 3 is 2.47 bits per heavy atom. The van der Waals surface area contributed by atoms with Gasteiger partial charge >= 0.3 is 5.97 Å². The summed E-state index contributed by atoms with van der Waals surface area (Å²) in [6, 6.07) is 4.25. The molecule has 0 fully saturated rings. The van der Waals surface area contributed by atoms with Crippen LogP contribution in [-0.4, -0.2) is 45.9 Å². The normalized spacial score (nSPS) is 12.6. The minimum Gasteiger partial charge on any atom is -0.508 e. The number of pyridine rings is 1.